The molecule has 0 unspecified atom stereocenters. The Balaban J connectivity index is 0.923. The van der Waals surface area contributed by atoms with Crippen molar-refractivity contribution < 1.29 is 14.3 Å². The van der Waals surface area contributed by atoms with Crippen LogP contribution >= 0.6 is 0 Å². The Labute approximate surface area is 268 Å². The van der Waals surface area contributed by atoms with Crippen molar-refractivity contribution in [3.8, 4) is 0 Å². The monoisotopic (exact) mass is 622 g/mol. The molecule has 1 aliphatic rings. The van der Waals surface area contributed by atoms with E-state index in [0.29, 0.717) is 57.1 Å². The summed E-state index contributed by atoms with van der Waals surface area (Å²) in [7, 11) is 0. The molecule has 2 N–H and O–H groups in total. The number of ether oxygens (including phenoxy) is 2. The lowest BCUT2D eigenvalue weighted by atomic mass is 10.1. The first-order chi connectivity index (χ1) is 22.7. The molecule has 0 saturated carbocycles. The van der Waals surface area contributed by atoms with Gasteiger partial charge in [0.15, 0.2) is 0 Å². The number of piperidine rings is 1. The van der Waals surface area contributed by atoms with Gasteiger partial charge >= 0.3 is 0 Å². The van der Waals surface area contributed by atoms with Crippen molar-refractivity contribution in [3.63, 3.8) is 0 Å². The number of hydrogen-bond acceptors (Lipinski definition) is 8. The van der Waals surface area contributed by atoms with Crippen LogP contribution in [0.4, 0.5) is 5.69 Å². The molecular weight excluding hydrogens is 580 g/mol. The Morgan fingerprint density at radius 1 is 0.739 bits per heavy atom. The summed E-state index contributed by atoms with van der Waals surface area (Å²) in [6.07, 6.45) is 4.30. The first-order valence-electron chi connectivity index (χ1n) is 16.3. The molecule has 0 radical (unpaired) electrons. The molecule has 1 amide bonds. The van der Waals surface area contributed by atoms with Crippen LogP contribution in [-0.4, -0.2) is 84.5 Å². The van der Waals surface area contributed by atoms with E-state index in [4.69, 9.17) is 14.5 Å². The summed E-state index contributed by atoms with van der Waals surface area (Å²) in [5, 5.41) is 9.18. The van der Waals surface area contributed by atoms with E-state index in [9.17, 15) is 9.59 Å². The predicted octanol–water partition coefficient (Wildman–Crippen LogP) is 4.39. The Bertz CT molecular complexity index is 1780. The van der Waals surface area contributed by atoms with Crippen molar-refractivity contribution in [1.29, 1.82) is 0 Å². The number of hydrogen-bond donors (Lipinski definition) is 2. The Hall–Kier alpha value is -4.38. The molecule has 1 aliphatic heterocycles. The molecular formula is C36H42N6O4. The van der Waals surface area contributed by atoms with E-state index in [-0.39, 0.29) is 18.0 Å². The van der Waals surface area contributed by atoms with Crippen LogP contribution in [0.2, 0.25) is 0 Å². The molecule has 3 aromatic carbocycles. The zero-order valence-electron chi connectivity index (χ0n) is 26.2. The molecule has 10 heteroatoms. The number of benzene rings is 3. The van der Waals surface area contributed by atoms with Gasteiger partial charge in [0.05, 0.1) is 54.1 Å². The third kappa shape index (κ3) is 7.88. The molecule has 2 aromatic heterocycles. The standard InChI is InChI=1S/C36H42N6O4/c43-34(26-42-32-15-7-4-12-29(32)36(44)40-33(42)16-21-41-19-8-1-9-20-41)37-17-22-45-24-25-46-23-18-38-35-27-10-2-5-13-30(27)39-31-14-6-3-11-28(31)35/h2-7,10-15H,1,8-9,16-26H2,(H,37,43)(H,38,39). The number of rotatable bonds is 15. The van der Waals surface area contributed by atoms with Crippen molar-refractivity contribution in [1.82, 2.24) is 24.8 Å². The van der Waals surface area contributed by atoms with Crippen LogP contribution in [0.25, 0.3) is 32.7 Å². The molecule has 3 heterocycles. The summed E-state index contributed by atoms with van der Waals surface area (Å²) in [4.78, 5) is 37.3. The van der Waals surface area contributed by atoms with Crippen LogP contribution in [0.3, 0.4) is 0 Å². The van der Waals surface area contributed by atoms with Gasteiger partial charge in [-0.15, -0.1) is 0 Å². The van der Waals surface area contributed by atoms with Crippen LogP contribution < -0.4 is 16.2 Å². The molecule has 5 aromatic rings. The topological polar surface area (TPSA) is 111 Å². The zero-order valence-corrected chi connectivity index (χ0v) is 26.2. The minimum atomic E-state index is -0.244. The largest absolute Gasteiger partial charge is 0.382 e. The average Bonchev–Trinajstić information content (AvgIpc) is 3.09. The SMILES string of the molecule is O=C(Cn1c(CCN2CCCCC2)nc(=O)c2ccccc21)NCCOCCOCCNc1c2ccccc2nc2ccccc12. The van der Waals surface area contributed by atoms with Gasteiger partial charge in [0, 0.05) is 36.8 Å². The van der Waals surface area contributed by atoms with Gasteiger partial charge in [-0.05, 0) is 50.2 Å². The number of carbonyl (C=O) groups is 1. The van der Waals surface area contributed by atoms with Gasteiger partial charge in [-0.3, -0.25) is 9.59 Å². The molecule has 46 heavy (non-hydrogen) atoms. The van der Waals surface area contributed by atoms with E-state index in [2.05, 4.69) is 32.7 Å². The summed E-state index contributed by atoms with van der Waals surface area (Å²) in [6, 6.07) is 23.6. The van der Waals surface area contributed by atoms with Crippen molar-refractivity contribution in [3.05, 3.63) is 89.0 Å². The number of pyridine rings is 1. The van der Waals surface area contributed by atoms with Crippen LogP contribution in [0.15, 0.2) is 77.6 Å². The number of nitrogens with one attached hydrogen (secondary N) is 2. The highest BCUT2D eigenvalue weighted by atomic mass is 16.5. The Kier molecular flexibility index (Phi) is 10.8. The summed E-state index contributed by atoms with van der Waals surface area (Å²) in [6.45, 7) is 5.92. The van der Waals surface area contributed by atoms with Crippen molar-refractivity contribution >= 4 is 44.3 Å². The lowest BCUT2D eigenvalue weighted by Crippen LogP contribution is -2.35. The molecule has 0 spiro atoms. The fourth-order valence-corrected chi connectivity index (χ4v) is 6.14. The Morgan fingerprint density at radius 2 is 1.37 bits per heavy atom. The molecule has 0 atom stereocenters. The normalized spacial score (nSPS) is 13.8. The molecule has 0 bridgehead atoms. The maximum Gasteiger partial charge on any atom is 0.280 e. The Morgan fingerprint density at radius 3 is 2.09 bits per heavy atom. The van der Waals surface area contributed by atoms with Crippen molar-refractivity contribution in [2.45, 2.75) is 32.2 Å². The third-order valence-corrected chi connectivity index (χ3v) is 8.45. The second kappa shape index (κ2) is 15.8. The molecule has 1 saturated heterocycles. The number of aromatic nitrogens is 3. The van der Waals surface area contributed by atoms with Crippen LogP contribution in [-0.2, 0) is 27.2 Å². The van der Waals surface area contributed by atoms with Gasteiger partial charge in [0.25, 0.3) is 5.56 Å². The minimum absolute atomic E-state index is 0.0985. The smallest absolute Gasteiger partial charge is 0.280 e. The highest BCUT2D eigenvalue weighted by Crippen LogP contribution is 2.30. The van der Waals surface area contributed by atoms with E-state index < -0.39 is 0 Å². The summed E-state index contributed by atoms with van der Waals surface area (Å²) in [5.41, 5.74) is 3.48. The van der Waals surface area contributed by atoms with Gasteiger partial charge in [-0.1, -0.05) is 55.0 Å². The van der Waals surface area contributed by atoms with Gasteiger partial charge in [-0.25, -0.2) is 4.98 Å². The quantitative estimate of drug-likeness (QED) is 0.131. The molecule has 240 valence electrons. The summed E-state index contributed by atoms with van der Waals surface area (Å²) < 4.78 is 13.4. The minimum Gasteiger partial charge on any atom is -0.382 e. The highest BCUT2D eigenvalue weighted by Gasteiger charge is 2.16. The summed E-state index contributed by atoms with van der Waals surface area (Å²) in [5.74, 6) is 0.509. The maximum absolute atomic E-state index is 12.9. The third-order valence-electron chi connectivity index (χ3n) is 8.45. The first kappa shape index (κ1) is 31.6. The number of anilines is 1. The number of fused-ring (bicyclic) bond motifs is 3. The van der Waals surface area contributed by atoms with Gasteiger partial charge in [-0.2, -0.15) is 4.98 Å². The molecule has 0 aliphatic carbocycles. The van der Waals surface area contributed by atoms with Crippen molar-refractivity contribution in [2.24, 2.45) is 0 Å². The maximum atomic E-state index is 12.9. The number of nitrogens with zero attached hydrogens (tertiary/aromatic N) is 4. The lowest BCUT2D eigenvalue weighted by molar-refractivity contribution is -0.121. The second-order valence-corrected chi connectivity index (χ2v) is 11.6. The van der Waals surface area contributed by atoms with Crippen LogP contribution in [0, 0.1) is 0 Å². The second-order valence-electron chi connectivity index (χ2n) is 11.6. The highest BCUT2D eigenvalue weighted by molar-refractivity contribution is 6.07. The van der Waals surface area contributed by atoms with E-state index in [1.165, 1.54) is 19.3 Å². The average molecular weight is 623 g/mol. The molecule has 1 fully saturated rings. The van der Waals surface area contributed by atoms with E-state index >= 15 is 0 Å². The van der Waals surface area contributed by atoms with Crippen LogP contribution in [0.1, 0.15) is 25.1 Å². The van der Waals surface area contributed by atoms with E-state index in [0.717, 1.165) is 52.6 Å². The van der Waals surface area contributed by atoms with Gasteiger partial charge in [0.1, 0.15) is 12.4 Å². The lowest BCUT2D eigenvalue weighted by Gasteiger charge is -2.26. The number of likely N-dealkylation sites (tertiary alicyclic amines) is 1. The van der Waals surface area contributed by atoms with E-state index in [1.54, 1.807) is 6.07 Å². The predicted molar refractivity (Wildman–Crippen MR) is 182 cm³/mol. The zero-order chi connectivity index (χ0) is 31.6. The molecule has 6 rings (SSSR count). The number of amides is 1. The first-order valence-corrected chi connectivity index (χ1v) is 16.3. The van der Waals surface area contributed by atoms with Gasteiger partial charge < -0.3 is 29.6 Å². The fraction of sp³-hybridized carbons (Fsp3) is 0.389. The fourth-order valence-electron chi connectivity index (χ4n) is 6.14. The van der Waals surface area contributed by atoms with Crippen molar-refractivity contribution in [2.75, 3.05) is 64.5 Å². The van der Waals surface area contributed by atoms with Crippen LogP contribution in [0.5, 0.6) is 0 Å². The van der Waals surface area contributed by atoms with Gasteiger partial charge in [0.2, 0.25) is 5.91 Å². The number of carbonyl (C=O) groups excluding carboxylic acids is 1. The number of para-hydroxylation sites is 3. The molecule has 10 nitrogen and oxygen atoms in total. The summed E-state index contributed by atoms with van der Waals surface area (Å²) >= 11 is 0. The van der Waals surface area contributed by atoms with E-state index in [1.807, 2.05) is 59.2 Å².